The van der Waals surface area contributed by atoms with E-state index < -0.39 is 0 Å². The van der Waals surface area contributed by atoms with Gasteiger partial charge in [0.05, 0.1) is 0 Å². The lowest BCUT2D eigenvalue weighted by Crippen LogP contribution is -2.69. The molecule has 0 heterocycles. The highest BCUT2D eigenvalue weighted by molar-refractivity contribution is 6.07. The SMILES string of the molecule is C[NH+]=C(C(N)=CN)c1ccc(C)cc1. The first-order chi connectivity index (χ1) is 6.69. The summed E-state index contributed by atoms with van der Waals surface area (Å²) in [7, 11) is 1.82. The number of nitrogens with two attached hydrogens (primary N) is 2. The third-order valence-electron chi connectivity index (χ3n) is 2.06. The number of aryl methyl sites for hydroxylation is 1. The topological polar surface area (TPSA) is 66.0 Å². The average Bonchev–Trinajstić information content (AvgIpc) is 2.21. The first-order valence-electron chi connectivity index (χ1n) is 4.48. The molecule has 0 amide bonds. The molecule has 0 spiro atoms. The molecule has 0 saturated carbocycles. The van der Waals surface area contributed by atoms with Crippen molar-refractivity contribution in [2.45, 2.75) is 6.92 Å². The summed E-state index contributed by atoms with van der Waals surface area (Å²) in [5, 5.41) is 0. The van der Waals surface area contributed by atoms with E-state index >= 15 is 0 Å². The van der Waals surface area contributed by atoms with Crippen molar-refractivity contribution in [1.82, 2.24) is 0 Å². The Hall–Kier alpha value is -1.77. The normalized spacial score (nSPS) is 13.0. The molecule has 1 aromatic carbocycles. The van der Waals surface area contributed by atoms with Crippen LogP contribution in [0.4, 0.5) is 0 Å². The molecule has 0 unspecified atom stereocenters. The van der Waals surface area contributed by atoms with Gasteiger partial charge < -0.3 is 11.5 Å². The fourth-order valence-electron chi connectivity index (χ4n) is 1.26. The zero-order valence-corrected chi connectivity index (χ0v) is 8.54. The van der Waals surface area contributed by atoms with Gasteiger partial charge in [0.2, 0.25) is 5.71 Å². The number of allylic oxidation sites excluding steroid dienone is 1. The molecule has 14 heavy (non-hydrogen) atoms. The second kappa shape index (κ2) is 4.46. The van der Waals surface area contributed by atoms with Gasteiger partial charge in [0.1, 0.15) is 12.7 Å². The Bertz CT molecular complexity index is 361. The maximum Gasteiger partial charge on any atom is 0.230 e. The average molecular weight is 190 g/mol. The van der Waals surface area contributed by atoms with E-state index in [1.807, 2.05) is 38.2 Å². The fraction of sp³-hybridized carbons (Fsp3) is 0.182. The predicted molar refractivity (Wildman–Crippen MR) is 58.6 cm³/mol. The van der Waals surface area contributed by atoms with Gasteiger partial charge in [-0.15, -0.1) is 0 Å². The van der Waals surface area contributed by atoms with Crippen LogP contribution < -0.4 is 16.5 Å². The third kappa shape index (κ3) is 2.13. The molecular formula is C11H16N3+. The smallest absolute Gasteiger partial charge is 0.230 e. The number of hydrogen-bond donors (Lipinski definition) is 3. The molecule has 3 heteroatoms. The minimum absolute atomic E-state index is 0.552. The highest BCUT2D eigenvalue weighted by atomic mass is 14.8. The van der Waals surface area contributed by atoms with Crippen LogP contribution in [-0.4, -0.2) is 12.8 Å². The Labute approximate surface area is 84.1 Å². The van der Waals surface area contributed by atoms with Gasteiger partial charge in [0.15, 0.2) is 0 Å². The molecule has 0 aliphatic heterocycles. The molecule has 3 nitrogen and oxygen atoms in total. The van der Waals surface area contributed by atoms with Crippen molar-refractivity contribution in [3.05, 3.63) is 47.3 Å². The van der Waals surface area contributed by atoms with E-state index in [-0.39, 0.29) is 0 Å². The largest absolute Gasteiger partial charge is 0.403 e. The lowest BCUT2D eigenvalue weighted by Gasteiger charge is -2.00. The summed E-state index contributed by atoms with van der Waals surface area (Å²) in [5.74, 6) is 0. The van der Waals surface area contributed by atoms with Crippen molar-refractivity contribution in [3.63, 3.8) is 0 Å². The molecule has 0 bridgehead atoms. The Morgan fingerprint density at radius 2 is 1.86 bits per heavy atom. The molecule has 0 aliphatic carbocycles. The van der Waals surface area contributed by atoms with Crippen LogP contribution in [0.3, 0.4) is 0 Å². The molecular weight excluding hydrogens is 174 g/mol. The highest BCUT2D eigenvalue weighted by Crippen LogP contribution is 2.04. The first kappa shape index (κ1) is 10.3. The zero-order chi connectivity index (χ0) is 10.6. The summed E-state index contributed by atoms with van der Waals surface area (Å²) in [6, 6.07) is 8.10. The predicted octanol–water partition coefficient (Wildman–Crippen LogP) is -0.747. The summed E-state index contributed by atoms with van der Waals surface area (Å²) in [6.45, 7) is 2.05. The summed E-state index contributed by atoms with van der Waals surface area (Å²) in [4.78, 5) is 3.03. The van der Waals surface area contributed by atoms with Crippen molar-refractivity contribution in [2.24, 2.45) is 11.5 Å². The molecule has 0 aromatic heterocycles. The number of rotatable bonds is 2. The van der Waals surface area contributed by atoms with Crippen molar-refractivity contribution in [2.75, 3.05) is 7.05 Å². The molecule has 1 aromatic rings. The number of hydrogen-bond acceptors (Lipinski definition) is 2. The maximum atomic E-state index is 5.73. The van der Waals surface area contributed by atoms with Gasteiger partial charge >= 0.3 is 0 Å². The second-order valence-electron chi connectivity index (χ2n) is 3.11. The number of nitrogens with one attached hydrogen (secondary N) is 1. The molecule has 74 valence electrons. The summed E-state index contributed by atoms with van der Waals surface area (Å²) in [5.41, 5.74) is 14.8. The summed E-state index contributed by atoms with van der Waals surface area (Å²) < 4.78 is 0. The summed E-state index contributed by atoms with van der Waals surface area (Å²) >= 11 is 0. The Kier molecular flexibility index (Phi) is 3.29. The van der Waals surface area contributed by atoms with E-state index in [2.05, 4.69) is 4.99 Å². The van der Waals surface area contributed by atoms with Crippen LogP contribution >= 0.6 is 0 Å². The van der Waals surface area contributed by atoms with Gasteiger partial charge in [-0.3, -0.25) is 0 Å². The maximum absolute atomic E-state index is 5.73. The fourth-order valence-corrected chi connectivity index (χ4v) is 1.26. The van der Waals surface area contributed by atoms with Gasteiger partial charge in [-0.2, -0.15) is 0 Å². The molecule has 0 radical (unpaired) electrons. The van der Waals surface area contributed by atoms with Crippen LogP contribution in [0, 0.1) is 6.92 Å². The van der Waals surface area contributed by atoms with E-state index in [1.54, 1.807) is 0 Å². The summed E-state index contributed by atoms with van der Waals surface area (Å²) in [6.07, 6.45) is 1.39. The minimum atomic E-state index is 0.552. The van der Waals surface area contributed by atoms with Gasteiger partial charge in [0.25, 0.3) is 0 Å². The van der Waals surface area contributed by atoms with Gasteiger partial charge in [-0.25, -0.2) is 4.99 Å². The lowest BCUT2D eigenvalue weighted by atomic mass is 10.1. The first-order valence-corrected chi connectivity index (χ1v) is 4.48. The Balaban J connectivity index is 3.09. The molecule has 5 N–H and O–H groups in total. The second-order valence-corrected chi connectivity index (χ2v) is 3.11. The number of benzene rings is 1. The molecule has 1 rings (SSSR count). The highest BCUT2D eigenvalue weighted by Gasteiger charge is 2.10. The quantitative estimate of drug-likeness (QED) is 0.537. The molecule has 0 fully saturated rings. The van der Waals surface area contributed by atoms with Crippen molar-refractivity contribution in [3.8, 4) is 0 Å². The standard InChI is InChI=1S/C11H15N3/c1-8-3-5-9(6-4-8)11(14-2)10(13)7-12/h3-7H,12-13H2,1-2H3/p+1. The zero-order valence-electron chi connectivity index (χ0n) is 8.54. The van der Waals surface area contributed by atoms with Crippen LogP contribution in [0.25, 0.3) is 0 Å². The third-order valence-corrected chi connectivity index (χ3v) is 2.06. The van der Waals surface area contributed by atoms with Crippen molar-refractivity contribution in [1.29, 1.82) is 0 Å². The van der Waals surface area contributed by atoms with Gasteiger partial charge in [-0.1, -0.05) is 17.7 Å². The van der Waals surface area contributed by atoms with Gasteiger partial charge in [0, 0.05) is 11.8 Å². The van der Waals surface area contributed by atoms with Crippen molar-refractivity contribution < 1.29 is 4.99 Å². The van der Waals surface area contributed by atoms with E-state index in [9.17, 15) is 0 Å². The monoisotopic (exact) mass is 190 g/mol. The van der Waals surface area contributed by atoms with Crippen LogP contribution in [0.5, 0.6) is 0 Å². The molecule has 0 aliphatic rings. The van der Waals surface area contributed by atoms with E-state index in [1.165, 1.54) is 11.8 Å². The Morgan fingerprint density at radius 3 is 2.29 bits per heavy atom. The minimum Gasteiger partial charge on any atom is -0.403 e. The van der Waals surface area contributed by atoms with E-state index in [0.717, 1.165) is 11.3 Å². The van der Waals surface area contributed by atoms with E-state index in [4.69, 9.17) is 11.5 Å². The van der Waals surface area contributed by atoms with E-state index in [0.29, 0.717) is 5.70 Å². The van der Waals surface area contributed by atoms with Crippen LogP contribution in [0.15, 0.2) is 36.2 Å². The van der Waals surface area contributed by atoms with Gasteiger partial charge in [-0.05, 0) is 19.1 Å². The van der Waals surface area contributed by atoms with Crippen LogP contribution in [-0.2, 0) is 0 Å². The van der Waals surface area contributed by atoms with Crippen molar-refractivity contribution >= 4 is 5.71 Å². The van der Waals surface area contributed by atoms with Crippen LogP contribution in [0.2, 0.25) is 0 Å². The molecule has 0 saturated heterocycles. The lowest BCUT2D eigenvalue weighted by molar-refractivity contribution is -0.418. The Morgan fingerprint density at radius 1 is 1.29 bits per heavy atom. The molecule has 0 atom stereocenters. The van der Waals surface area contributed by atoms with Crippen LogP contribution in [0.1, 0.15) is 11.1 Å².